The molecule has 0 saturated heterocycles. The number of carbonyl (C=O) groups is 2. The van der Waals surface area contributed by atoms with Gasteiger partial charge in [0, 0.05) is 18.2 Å². The van der Waals surface area contributed by atoms with E-state index < -0.39 is 16.8 Å². The van der Waals surface area contributed by atoms with Gasteiger partial charge in [-0.3, -0.25) is 14.9 Å². The van der Waals surface area contributed by atoms with Crippen molar-refractivity contribution in [3.63, 3.8) is 0 Å². The molecule has 2 aromatic rings. The van der Waals surface area contributed by atoms with Crippen LogP contribution in [0, 0.1) is 10.1 Å². The number of hydrogen-bond donors (Lipinski definition) is 2. The monoisotopic (exact) mass is 346 g/mol. The third kappa shape index (κ3) is 4.40. The van der Waals surface area contributed by atoms with Gasteiger partial charge in [-0.05, 0) is 29.8 Å². The van der Waals surface area contributed by atoms with E-state index in [0.717, 1.165) is 0 Å². The van der Waals surface area contributed by atoms with Gasteiger partial charge in [0.15, 0.2) is 0 Å². The van der Waals surface area contributed by atoms with Gasteiger partial charge in [0.2, 0.25) is 5.91 Å². The number of carbonyl (C=O) groups excluding carboxylic acids is 1. The van der Waals surface area contributed by atoms with Crippen molar-refractivity contribution in [2.45, 2.75) is 0 Å². The second-order valence-corrected chi connectivity index (χ2v) is 5.08. The number of rotatable bonds is 5. The van der Waals surface area contributed by atoms with Gasteiger partial charge >= 0.3 is 5.97 Å². The van der Waals surface area contributed by atoms with Crippen molar-refractivity contribution in [3.05, 3.63) is 74.8 Å². The number of nitro benzene ring substituents is 1. The highest BCUT2D eigenvalue weighted by atomic mass is 35.5. The first-order chi connectivity index (χ1) is 11.4. The van der Waals surface area contributed by atoms with Crippen molar-refractivity contribution >= 4 is 40.9 Å². The molecule has 2 aromatic carbocycles. The first-order valence-corrected chi connectivity index (χ1v) is 7.01. The quantitative estimate of drug-likeness (QED) is 0.488. The molecule has 0 aliphatic rings. The summed E-state index contributed by atoms with van der Waals surface area (Å²) in [5, 5.41) is 22.3. The van der Waals surface area contributed by atoms with E-state index in [4.69, 9.17) is 16.7 Å². The Kier molecular flexibility index (Phi) is 5.28. The highest BCUT2D eigenvalue weighted by Crippen LogP contribution is 2.23. The van der Waals surface area contributed by atoms with Crippen LogP contribution in [-0.2, 0) is 4.79 Å². The molecule has 7 nitrogen and oxygen atoms in total. The van der Waals surface area contributed by atoms with Crippen LogP contribution in [0.25, 0.3) is 6.08 Å². The molecule has 0 saturated carbocycles. The van der Waals surface area contributed by atoms with Gasteiger partial charge in [-0.25, -0.2) is 4.79 Å². The average molecular weight is 347 g/mol. The lowest BCUT2D eigenvalue weighted by atomic mass is 10.2. The molecule has 0 atom stereocenters. The van der Waals surface area contributed by atoms with Crippen molar-refractivity contribution in [1.82, 2.24) is 0 Å². The van der Waals surface area contributed by atoms with Gasteiger partial charge in [0.05, 0.1) is 21.2 Å². The van der Waals surface area contributed by atoms with Gasteiger partial charge in [0.1, 0.15) is 0 Å². The smallest absolute Gasteiger partial charge is 0.335 e. The lowest BCUT2D eigenvalue weighted by Crippen LogP contribution is -2.09. The first-order valence-electron chi connectivity index (χ1n) is 6.63. The van der Waals surface area contributed by atoms with E-state index in [1.54, 1.807) is 6.07 Å². The molecule has 8 heteroatoms. The average Bonchev–Trinajstić information content (AvgIpc) is 2.55. The van der Waals surface area contributed by atoms with Crippen LogP contribution in [0.4, 0.5) is 11.4 Å². The van der Waals surface area contributed by atoms with Crippen LogP contribution in [-0.4, -0.2) is 21.9 Å². The van der Waals surface area contributed by atoms with E-state index in [0.29, 0.717) is 5.56 Å². The van der Waals surface area contributed by atoms with Crippen LogP contribution in [0.2, 0.25) is 5.02 Å². The minimum absolute atomic E-state index is 0.0163. The van der Waals surface area contributed by atoms with E-state index in [-0.39, 0.29) is 22.0 Å². The van der Waals surface area contributed by atoms with Gasteiger partial charge in [-0.1, -0.05) is 23.7 Å². The third-order valence-electron chi connectivity index (χ3n) is 2.98. The highest BCUT2D eigenvalue weighted by molar-refractivity contribution is 6.34. The van der Waals surface area contributed by atoms with Gasteiger partial charge < -0.3 is 10.4 Å². The number of aromatic carboxylic acids is 1. The fourth-order valence-corrected chi connectivity index (χ4v) is 2.01. The predicted octanol–water partition coefficient (Wildman–Crippen LogP) is 3.60. The molecule has 0 unspecified atom stereocenters. The summed E-state index contributed by atoms with van der Waals surface area (Å²) < 4.78 is 0. The van der Waals surface area contributed by atoms with Crippen molar-refractivity contribution in [2.24, 2.45) is 0 Å². The Labute approximate surface area is 141 Å². The summed E-state index contributed by atoms with van der Waals surface area (Å²) in [5.41, 5.74) is 0.530. The number of halogens is 1. The number of carboxylic acids is 1. The standard InChI is InChI=1S/C16H11ClN2O5/c17-13-6-5-11(16(21)22)9-14(13)18-15(20)7-4-10-2-1-3-12(8-10)19(23)24/h1-9H,(H,18,20)(H,21,22)/b7-4+. The fraction of sp³-hybridized carbons (Fsp3) is 0. The predicted molar refractivity (Wildman–Crippen MR) is 89.2 cm³/mol. The number of non-ortho nitro benzene ring substituents is 1. The summed E-state index contributed by atoms with van der Waals surface area (Å²) in [6.45, 7) is 0. The third-order valence-corrected chi connectivity index (χ3v) is 3.31. The zero-order chi connectivity index (χ0) is 17.7. The zero-order valence-electron chi connectivity index (χ0n) is 12.1. The molecule has 0 spiro atoms. The Morgan fingerprint density at radius 1 is 1.21 bits per heavy atom. The number of hydrogen-bond acceptors (Lipinski definition) is 4. The van der Waals surface area contributed by atoms with Crippen molar-refractivity contribution in [3.8, 4) is 0 Å². The van der Waals surface area contributed by atoms with Crippen LogP contribution >= 0.6 is 11.6 Å². The molecule has 2 N–H and O–H groups in total. The second-order valence-electron chi connectivity index (χ2n) is 4.67. The SMILES string of the molecule is O=C(/C=C/c1cccc([N+](=O)[O-])c1)Nc1cc(C(=O)O)ccc1Cl. The maximum absolute atomic E-state index is 11.9. The number of anilines is 1. The van der Waals surface area contributed by atoms with E-state index in [2.05, 4.69) is 5.32 Å². The van der Waals surface area contributed by atoms with Crippen LogP contribution in [0.15, 0.2) is 48.5 Å². The molecule has 0 radical (unpaired) electrons. The van der Waals surface area contributed by atoms with Crippen molar-refractivity contribution in [1.29, 1.82) is 0 Å². The highest BCUT2D eigenvalue weighted by Gasteiger charge is 2.09. The summed E-state index contributed by atoms with van der Waals surface area (Å²) in [5.74, 6) is -1.69. The molecular weight excluding hydrogens is 336 g/mol. The minimum atomic E-state index is -1.14. The normalized spacial score (nSPS) is 10.5. The molecule has 0 fully saturated rings. The Morgan fingerprint density at radius 3 is 2.62 bits per heavy atom. The van der Waals surface area contributed by atoms with Crippen LogP contribution < -0.4 is 5.32 Å². The van der Waals surface area contributed by atoms with E-state index in [1.807, 2.05) is 0 Å². The fourth-order valence-electron chi connectivity index (χ4n) is 1.84. The molecule has 0 aliphatic heterocycles. The first kappa shape index (κ1) is 17.2. The molecule has 2 rings (SSSR count). The number of nitrogens with zero attached hydrogens (tertiary/aromatic N) is 1. The molecule has 0 bridgehead atoms. The largest absolute Gasteiger partial charge is 0.478 e. The molecule has 1 amide bonds. The van der Waals surface area contributed by atoms with Gasteiger partial charge in [-0.2, -0.15) is 0 Å². The molecule has 0 aliphatic carbocycles. The summed E-state index contributed by atoms with van der Waals surface area (Å²) in [4.78, 5) is 33.0. The van der Waals surface area contributed by atoms with Crippen molar-refractivity contribution < 1.29 is 19.6 Å². The Bertz CT molecular complexity index is 848. The number of carboxylic acid groups (broad SMARTS) is 1. The number of nitro groups is 1. The summed E-state index contributed by atoms with van der Waals surface area (Å²) >= 11 is 5.91. The zero-order valence-corrected chi connectivity index (χ0v) is 12.9. The summed E-state index contributed by atoms with van der Waals surface area (Å²) in [6, 6.07) is 9.70. The second kappa shape index (κ2) is 7.38. The number of nitrogens with one attached hydrogen (secondary N) is 1. The number of benzene rings is 2. The molecule has 0 heterocycles. The molecule has 0 aromatic heterocycles. The van der Waals surface area contributed by atoms with E-state index in [1.165, 1.54) is 48.6 Å². The topological polar surface area (TPSA) is 110 Å². The Hall–Kier alpha value is -3.19. The van der Waals surface area contributed by atoms with E-state index >= 15 is 0 Å². The Morgan fingerprint density at radius 2 is 1.96 bits per heavy atom. The summed E-state index contributed by atoms with van der Waals surface area (Å²) in [6.07, 6.45) is 2.57. The summed E-state index contributed by atoms with van der Waals surface area (Å²) in [7, 11) is 0. The molecule has 24 heavy (non-hydrogen) atoms. The van der Waals surface area contributed by atoms with Gasteiger partial charge in [0.25, 0.3) is 5.69 Å². The maximum atomic E-state index is 11.9. The van der Waals surface area contributed by atoms with Crippen molar-refractivity contribution in [2.75, 3.05) is 5.32 Å². The lowest BCUT2D eigenvalue weighted by molar-refractivity contribution is -0.384. The number of amides is 1. The maximum Gasteiger partial charge on any atom is 0.335 e. The van der Waals surface area contributed by atoms with Crippen LogP contribution in [0.1, 0.15) is 15.9 Å². The minimum Gasteiger partial charge on any atom is -0.478 e. The lowest BCUT2D eigenvalue weighted by Gasteiger charge is -2.06. The van der Waals surface area contributed by atoms with E-state index in [9.17, 15) is 19.7 Å². The molecular formula is C16H11ClN2O5. The van der Waals surface area contributed by atoms with Crippen LogP contribution in [0.5, 0.6) is 0 Å². The Balaban J connectivity index is 2.13. The molecule has 122 valence electrons. The van der Waals surface area contributed by atoms with Gasteiger partial charge in [-0.15, -0.1) is 0 Å². The van der Waals surface area contributed by atoms with Crippen LogP contribution in [0.3, 0.4) is 0 Å².